The first-order valence-corrected chi connectivity index (χ1v) is 6.59. The number of carbonyl (C=O) groups excluding carboxylic acids is 1. The van der Waals surface area contributed by atoms with Crippen LogP contribution in [-0.2, 0) is 20.7 Å². The zero-order chi connectivity index (χ0) is 15.4. The summed E-state index contributed by atoms with van der Waals surface area (Å²) in [6, 6.07) is 4.82. The fourth-order valence-corrected chi connectivity index (χ4v) is 2.35. The van der Waals surface area contributed by atoms with E-state index in [0.29, 0.717) is 0 Å². The van der Waals surface area contributed by atoms with E-state index in [0.717, 1.165) is 22.0 Å². The molecule has 1 amide bonds. The number of hydrogen-bond acceptors (Lipinski definition) is 3. The van der Waals surface area contributed by atoms with Gasteiger partial charge in [-0.25, -0.2) is 4.79 Å². The van der Waals surface area contributed by atoms with Gasteiger partial charge in [0.1, 0.15) is 0 Å². The Balaban J connectivity index is 2.13. The molecular formula is C15H18N2O4. The first-order chi connectivity index (χ1) is 10.0. The first kappa shape index (κ1) is 15.1. The molecule has 6 heteroatoms. The molecule has 0 spiro atoms. The van der Waals surface area contributed by atoms with Crippen molar-refractivity contribution in [1.29, 1.82) is 0 Å². The van der Waals surface area contributed by atoms with Crippen LogP contribution in [0.15, 0.2) is 24.4 Å². The summed E-state index contributed by atoms with van der Waals surface area (Å²) in [5.74, 6) is -1.45. The van der Waals surface area contributed by atoms with Gasteiger partial charge >= 0.3 is 5.97 Å². The molecule has 0 aliphatic rings. The molecule has 0 radical (unpaired) electrons. The lowest BCUT2D eigenvalue weighted by atomic mass is 10.1. The van der Waals surface area contributed by atoms with Gasteiger partial charge in [0.15, 0.2) is 6.04 Å². The highest BCUT2D eigenvalue weighted by Crippen LogP contribution is 2.22. The third kappa shape index (κ3) is 3.41. The van der Waals surface area contributed by atoms with Crippen LogP contribution in [0.3, 0.4) is 0 Å². The standard InChI is InChI=1S/C15H18N2O4/c1-9-4-3-5-11-14(9)10(7-16-11)6-13(18)17-12(8-21-2)15(19)20/h3-5,7,12,16H,6,8H2,1-2H3,(H,17,18)(H,19,20). The maximum absolute atomic E-state index is 12.0. The van der Waals surface area contributed by atoms with Crippen LogP contribution in [0, 0.1) is 6.92 Å². The molecule has 1 heterocycles. The van der Waals surface area contributed by atoms with Gasteiger partial charge in [0, 0.05) is 24.2 Å². The Bertz CT molecular complexity index is 663. The number of benzene rings is 1. The number of aromatic nitrogens is 1. The predicted molar refractivity (Wildman–Crippen MR) is 78.2 cm³/mol. The Morgan fingerprint density at radius 3 is 2.86 bits per heavy atom. The smallest absolute Gasteiger partial charge is 0.328 e. The van der Waals surface area contributed by atoms with Gasteiger partial charge in [-0.3, -0.25) is 4.79 Å². The number of rotatable bonds is 6. The number of carbonyl (C=O) groups is 2. The van der Waals surface area contributed by atoms with Gasteiger partial charge in [-0.1, -0.05) is 12.1 Å². The van der Waals surface area contributed by atoms with E-state index in [9.17, 15) is 9.59 Å². The van der Waals surface area contributed by atoms with E-state index in [1.54, 1.807) is 6.20 Å². The van der Waals surface area contributed by atoms with Gasteiger partial charge < -0.3 is 20.1 Å². The topological polar surface area (TPSA) is 91.4 Å². The second-order valence-electron chi connectivity index (χ2n) is 4.90. The molecule has 1 aromatic heterocycles. The SMILES string of the molecule is COCC(NC(=O)Cc1c[nH]c2cccc(C)c12)C(=O)O. The Labute approximate surface area is 122 Å². The minimum atomic E-state index is -1.11. The van der Waals surface area contributed by atoms with Gasteiger partial charge in [-0.15, -0.1) is 0 Å². The maximum atomic E-state index is 12.0. The molecule has 3 N–H and O–H groups in total. The number of methoxy groups -OCH3 is 1. The van der Waals surface area contributed by atoms with Crippen molar-refractivity contribution in [3.63, 3.8) is 0 Å². The van der Waals surface area contributed by atoms with Gasteiger partial charge in [0.2, 0.25) is 5.91 Å². The third-order valence-corrected chi connectivity index (χ3v) is 3.31. The number of aliphatic carboxylic acids is 1. The molecule has 2 rings (SSSR count). The lowest BCUT2D eigenvalue weighted by Gasteiger charge is -2.13. The van der Waals surface area contributed by atoms with E-state index in [1.807, 2.05) is 25.1 Å². The van der Waals surface area contributed by atoms with E-state index in [2.05, 4.69) is 10.3 Å². The van der Waals surface area contributed by atoms with Crippen molar-refractivity contribution in [2.45, 2.75) is 19.4 Å². The van der Waals surface area contributed by atoms with Gasteiger partial charge in [-0.2, -0.15) is 0 Å². The molecule has 0 aliphatic heterocycles. The largest absolute Gasteiger partial charge is 0.480 e. The molecule has 0 saturated heterocycles. The summed E-state index contributed by atoms with van der Waals surface area (Å²) >= 11 is 0. The summed E-state index contributed by atoms with van der Waals surface area (Å²) in [5.41, 5.74) is 2.88. The lowest BCUT2D eigenvalue weighted by molar-refractivity contribution is -0.143. The molecule has 21 heavy (non-hydrogen) atoms. The number of amides is 1. The van der Waals surface area contributed by atoms with E-state index < -0.39 is 12.0 Å². The molecule has 1 atom stereocenters. The molecule has 2 aromatic rings. The number of aryl methyl sites for hydroxylation is 1. The average molecular weight is 290 g/mol. The highest BCUT2D eigenvalue weighted by Gasteiger charge is 2.20. The third-order valence-electron chi connectivity index (χ3n) is 3.31. The van der Waals surface area contributed by atoms with E-state index in [1.165, 1.54) is 7.11 Å². The average Bonchev–Trinajstić information content (AvgIpc) is 2.82. The van der Waals surface area contributed by atoms with E-state index >= 15 is 0 Å². The van der Waals surface area contributed by atoms with Crippen molar-refractivity contribution in [2.75, 3.05) is 13.7 Å². The van der Waals surface area contributed by atoms with Crippen LogP contribution in [0.4, 0.5) is 0 Å². The van der Waals surface area contributed by atoms with Gasteiger partial charge in [0.05, 0.1) is 13.0 Å². The first-order valence-electron chi connectivity index (χ1n) is 6.59. The summed E-state index contributed by atoms with van der Waals surface area (Å²) in [4.78, 5) is 26.1. The quantitative estimate of drug-likeness (QED) is 0.746. The van der Waals surface area contributed by atoms with Crippen LogP contribution < -0.4 is 5.32 Å². The Kier molecular flexibility index (Phi) is 4.59. The number of ether oxygens (including phenoxy) is 1. The summed E-state index contributed by atoms with van der Waals surface area (Å²) in [5, 5.41) is 12.5. The van der Waals surface area contributed by atoms with Gasteiger partial charge in [-0.05, 0) is 24.1 Å². The number of aromatic amines is 1. The Hall–Kier alpha value is -2.34. The number of carboxylic acids is 1. The summed E-state index contributed by atoms with van der Waals surface area (Å²) in [6.07, 6.45) is 1.90. The number of H-pyrrole nitrogens is 1. The Morgan fingerprint density at radius 2 is 2.19 bits per heavy atom. The van der Waals surface area contributed by atoms with Crippen molar-refractivity contribution in [1.82, 2.24) is 10.3 Å². The monoisotopic (exact) mass is 290 g/mol. The van der Waals surface area contributed by atoms with Crippen molar-refractivity contribution >= 4 is 22.8 Å². The number of carboxylic acid groups (broad SMARTS) is 1. The number of fused-ring (bicyclic) bond motifs is 1. The van der Waals surface area contributed by atoms with Crippen LogP contribution >= 0.6 is 0 Å². The molecule has 0 fully saturated rings. The second kappa shape index (κ2) is 6.41. The van der Waals surface area contributed by atoms with Crippen molar-refractivity contribution in [3.8, 4) is 0 Å². The fraction of sp³-hybridized carbons (Fsp3) is 0.333. The fourth-order valence-electron chi connectivity index (χ4n) is 2.35. The van der Waals surface area contributed by atoms with Crippen LogP contribution in [0.1, 0.15) is 11.1 Å². The zero-order valence-corrected chi connectivity index (χ0v) is 12.0. The van der Waals surface area contributed by atoms with Crippen molar-refractivity contribution < 1.29 is 19.4 Å². The second-order valence-corrected chi connectivity index (χ2v) is 4.90. The minimum Gasteiger partial charge on any atom is -0.480 e. The maximum Gasteiger partial charge on any atom is 0.328 e. The van der Waals surface area contributed by atoms with Gasteiger partial charge in [0.25, 0.3) is 0 Å². The normalized spacial score (nSPS) is 12.3. The van der Waals surface area contributed by atoms with Crippen LogP contribution in [0.2, 0.25) is 0 Å². The molecule has 0 bridgehead atoms. The molecular weight excluding hydrogens is 272 g/mol. The predicted octanol–water partition coefficient (Wildman–Crippen LogP) is 1.23. The Morgan fingerprint density at radius 1 is 1.43 bits per heavy atom. The minimum absolute atomic E-state index is 0.0615. The molecule has 1 unspecified atom stereocenters. The zero-order valence-electron chi connectivity index (χ0n) is 12.0. The number of nitrogens with one attached hydrogen (secondary N) is 2. The highest BCUT2D eigenvalue weighted by atomic mass is 16.5. The highest BCUT2D eigenvalue weighted by molar-refractivity contribution is 5.92. The van der Waals surface area contributed by atoms with Crippen molar-refractivity contribution in [2.24, 2.45) is 0 Å². The molecule has 1 aromatic carbocycles. The molecule has 0 saturated carbocycles. The molecule has 0 aliphatic carbocycles. The van der Waals surface area contributed by atoms with Crippen LogP contribution in [0.5, 0.6) is 0 Å². The van der Waals surface area contributed by atoms with E-state index in [-0.39, 0.29) is 18.9 Å². The summed E-state index contributed by atoms with van der Waals surface area (Å²) < 4.78 is 4.79. The molecule has 6 nitrogen and oxygen atoms in total. The molecule has 112 valence electrons. The van der Waals surface area contributed by atoms with Crippen LogP contribution in [0.25, 0.3) is 10.9 Å². The van der Waals surface area contributed by atoms with Crippen LogP contribution in [-0.4, -0.2) is 41.7 Å². The summed E-state index contributed by atoms with van der Waals surface area (Å²) in [7, 11) is 1.39. The van der Waals surface area contributed by atoms with Crippen molar-refractivity contribution in [3.05, 3.63) is 35.5 Å². The lowest BCUT2D eigenvalue weighted by Crippen LogP contribution is -2.44. The summed E-state index contributed by atoms with van der Waals surface area (Å²) in [6.45, 7) is 1.91. The number of hydrogen-bond donors (Lipinski definition) is 3. The van der Waals surface area contributed by atoms with E-state index in [4.69, 9.17) is 9.84 Å².